The molecule has 8 heteroatoms. The minimum absolute atomic E-state index is 0.149. The van der Waals surface area contributed by atoms with E-state index in [0.29, 0.717) is 30.4 Å². The van der Waals surface area contributed by atoms with Crippen LogP contribution in [-0.4, -0.2) is 72.8 Å². The van der Waals surface area contributed by atoms with E-state index in [4.69, 9.17) is 9.47 Å². The van der Waals surface area contributed by atoms with Gasteiger partial charge in [-0.05, 0) is 35.1 Å². The molecule has 0 saturated carbocycles. The highest BCUT2D eigenvalue weighted by Gasteiger charge is 2.35. The van der Waals surface area contributed by atoms with Crippen molar-refractivity contribution in [2.45, 2.75) is 19.6 Å². The fourth-order valence-corrected chi connectivity index (χ4v) is 4.67. The number of ether oxygens (including phenoxy) is 2. The fourth-order valence-electron chi connectivity index (χ4n) is 3.69. The first kappa shape index (κ1) is 21.8. The van der Waals surface area contributed by atoms with E-state index < -0.39 is 5.97 Å². The van der Waals surface area contributed by atoms with E-state index in [2.05, 4.69) is 9.80 Å². The summed E-state index contributed by atoms with van der Waals surface area (Å²) in [5.74, 6) is -0.555. The van der Waals surface area contributed by atoms with Crippen molar-refractivity contribution in [2.75, 3.05) is 45.8 Å². The Bertz CT molecular complexity index is 793. The van der Waals surface area contributed by atoms with Gasteiger partial charge in [0.15, 0.2) is 0 Å². The summed E-state index contributed by atoms with van der Waals surface area (Å²) in [5.41, 5.74) is 1.73. The average Bonchev–Trinajstić information content (AvgIpc) is 2.70. The summed E-state index contributed by atoms with van der Waals surface area (Å²) in [6, 6.07) is 6.46. The quantitative estimate of drug-likeness (QED) is 0.691. The zero-order valence-electron chi connectivity index (χ0n) is 16.8. The number of hydrogen-bond acceptors (Lipinski definition) is 6. The predicted molar refractivity (Wildman–Crippen MR) is 111 cm³/mol. The van der Waals surface area contributed by atoms with Gasteiger partial charge in [0.25, 0.3) is 0 Å². The van der Waals surface area contributed by atoms with Crippen LogP contribution in [0, 0.1) is 5.82 Å². The van der Waals surface area contributed by atoms with Crippen molar-refractivity contribution >= 4 is 17.7 Å². The van der Waals surface area contributed by atoms with Crippen molar-refractivity contribution < 1.29 is 23.8 Å². The van der Waals surface area contributed by atoms with Crippen LogP contribution in [0.2, 0.25) is 0 Å². The lowest BCUT2D eigenvalue weighted by atomic mass is 10.0. The van der Waals surface area contributed by atoms with Crippen molar-refractivity contribution in [1.29, 1.82) is 0 Å². The second-order valence-electron chi connectivity index (χ2n) is 6.86. The van der Waals surface area contributed by atoms with Crippen LogP contribution < -0.4 is 0 Å². The Morgan fingerprint density at radius 2 is 2.14 bits per heavy atom. The molecule has 0 spiro atoms. The first-order valence-corrected chi connectivity index (χ1v) is 10.7. The number of carboxylic acids is 1. The number of carbonyl (C=O) groups is 1. The predicted octanol–water partition coefficient (Wildman–Crippen LogP) is 2.92. The van der Waals surface area contributed by atoms with Gasteiger partial charge < -0.3 is 19.5 Å². The average molecular weight is 423 g/mol. The number of halogens is 1. The maximum absolute atomic E-state index is 13.8. The zero-order valence-corrected chi connectivity index (χ0v) is 17.6. The van der Waals surface area contributed by atoms with Gasteiger partial charge in [0, 0.05) is 26.7 Å². The van der Waals surface area contributed by atoms with Gasteiger partial charge in [-0.1, -0.05) is 19.1 Å². The molecule has 1 saturated heterocycles. The molecule has 1 aromatic carbocycles. The van der Waals surface area contributed by atoms with Gasteiger partial charge >= 0.3 is 5.97 Å². The molecule has 0 aliphatic carbocycles. The number of thioether (sulfide) groups is 1. The molecule has 0 amide bonds. The summed E-state index contributed by atoms with van der Waals surface area (Å²) in [6.07, 6.45) is 1.82. The first-order valence-electron chi connectivity index (χ1n) is 9.68. The Morgan fingerprint density at radius 1 is 1.38 bits per heavy atom. The Hall–Kier alpha value is -1.87. The molecule has 0 bridgehead atoms. The molecule has 1 N–H and O–H groups in total. The van der Waals surface area contributed by atoms with Gasteiger partial charge in [-0.2, -0.15) is 0 Å². The SMILES string of the molecule is CCSC1=C(C(=O)O)C(COC)=CC(N2CCOCC2)N1Cc1cccc(F)c1. The molecule has 0 radical (unpaired) electrons. The van der Waals surface area contributed by atoms with Crippen molar-refractivity contribution in [1.82, 2.24) is 9.80 Å². The fraction of sp³-hybridized carbons (Fsp3) is 0.476. The molecule has 1 aromatic rings. The van der Waals surface area contributed by atoms with Gasteiger partial charge in [-0.25, -0.2) is 9.18 Å². The Balaban J connectivity index is 2.06. The third-order valence-electron chi connectivity index (χ3n) is 4.92. The number of rotatable bonds is 8. The molecule has 29 heavy (non-hydrogen) atoms. The van der Waals surface area contributed by atoms with Crippen LogP contribution in [0.1, 0.15) is 12.5 Å². The van der Waals surface area contributed by atoms with Crippen LogP contribution in [-0.2, 0) is 20.8 Å². The molecule has 2 aliphatic rings. The molecule has 2 heterocycles. The largest absolute Gasteiger partial charge is 0.478 e. The van der Waals surface area contributed by atoms with Crippen LogP contribution in [0.5, 0.6) is 0 Å². The van der Waals surface area contributed by atoms with Crippen molar-refractivity contribution in [2.24, 2.45) is 0 Å². The van der Waals surface area contributed by atoms with Crippen LogP contribution in [0.25, 0.3) is 0 Å². The van der Waals surface area contributed by atoms with Crippen molar-refractivity contribution in [3.05, 3.63) is 57.9 Å². The van der Waals surface area contributed by atoms with Crippen LogP contribution in [0.15, 0.2) is 46.5 Å². The Labute approximate surface area is 175 Å². The van der Waals surface area contributed by atoms with E-state index in [-0.39, 0.29) is 24.2 Å². The molecule has 1 unspecified atom stereocenters. The summed E-state index contributed by atoms with van der Waals surface area (Å²) < 4.78 is 24.6. The Morgan fingerprint density at radius 3 is 2.76 bits per heavy atom. The van der Waals surface area contributed by atoms with E-state index in [1.807, 2.05) is 19.1 Å². The summed E-state index contributed by atoms with van der Waals surface area (Å²) in [7, 11) is 1.57. The van der Waals surface area contributed by atoms with E-state index in [1.54, 1.807) is 13.2 Å². The van der Waals surface area contributed by atoms with Crippen molar-refractivity contribution in [3.8, 4) is 0 Å². The second kappa shape index (κ2) is 10.2. The molecule has 2 aliphatic heterocycles. The van der Waals surface area contributed by atoms with E-state index in [0.717, 1.165) is 24.4 Å². The topological polar surface area (TPSA) is 62.2 Å². The summed E-state index contributed by atoms with van der Waals surface area (Å²) >= 11 is 1.49. The van der Waals surface area contributed by atoms with Gasteiger partial charge in [-0.15, -0.1) is 11.8 Å². The van der Waals surface area contributed by atoms with Gasteiger partial charge in [-0.3, -0.25) is 4.90 Å². The number of benzene rings is 1. The number of nitrogens with zero attached hydrogens (tertiary/aromatic N) is 2. The van der Waals surface area contributed by atoms with Gasteiger partial charge in [0.05, 0.1) is 30.4 Å². The lowest BCUT2D eigenvalue weighted by molar-refractivity contribution is -0.132. The number of aliphatic carboxylic acids is 1. The molecule has 3 rings (SSSR count). The number of morpholine rings is 1. The molecule has 1 atom stereocenters. The van der Waals surface area contributed by atoms with E-state index in [9.17, 15) is 14.3 Å². The second-order valence-corrected chi connectivity index (χ2v) is 8.12. The van der Waals surface area contributed by atoms with E-state index in [1.165, 1.54) is 23.9 Å². The smallest absolute Gasteiger partial charge is 0.338 e. The molecule has 1 fully saturated rings. The monoisotopic (exact) mass is 422 g/mol. The molecule has 0 aromatic heterocycles. The normalized spacial score (nSPS) is 20.7. The summed E-state index contributed by atoms with van der Waals surface area (Å²) in [5, 5.41) is 10.7. The standard InChI is InChI=1S/C21H27FN2O4S/c1-3-29-20-19(21(25)26)16(14-27-2)12-18(23-7-9-28-10-8-23)24(20)13-15-5-4-6-17(22)11-15/h4-6,11-12,18H,3,7-10,13-14H2,1-2H3,(H,25,26). The number of carboxylic acid groups (broad SMARTS) is 1. The molecular formula is C21H27FN2O4S. The van der Waals surface area contributed by atoms with Crippen LogP contribution in [0.3, 0.4) is 0 Å². The minimum atomic E-state index is -0.978. The highest BCUT2D eigenvalue weighted by molar-refractivity contribution is 8.03. The van der Waals surface area contributed by atoms with Crippen LogP contribution in [0.4, 0.5) is 4.39 Å². The summed E-state index contributed by atoms with van der Waals surface area (Å²) in [6.45, 7) is 5.38. The lowest BCUT2D eigenvalue weighted by Gasteiger charge is -2.45. The molecule has 158 valence electrons. The highest BCUT2D eigenvalue weighted by atomic mass is 32.2. The third kappa shape index (κ3) is 5.19. The summed E-state index contributed by atoms with van der Waals surface area (Å²) in [4.78, 5) is 16.5. The first-order chi connectivity index (χ1) is 14.0. The maximum Gasteiger partial charge on any atom is 0.338 e. The third-order valence-corrected chi connectivity index (χ3v) is 5.92. The van der Waals surface area contributed by atoms with Gasteiger partial charge in [0.1, 0.15) is 12.0 Å². The molecular weight excluding hydrogens is 395 g/mol. The molecule has 6 nitrogen and oxygen atoms in total. The van der Waals surface area contributed by atoms with E-state index >= 15 is 0 Å². The highest BCUT2D eigenvalue weighted by Crippen LogP contribution is 2.37. The van der Waals surface area contributed by atoms with Gasteiger partial charge in [0.2, 0.25) is 0 Å². The maximum atomic E-state index is 13.8. The van der Waals surface area contributed by atoms with Crippen molar-refractivity contribution in [3.63, 3.8) is 0 Å². The minimum Gasteiger partial charge on any atom is -0.478 e. The van der Waals surface area contributed by atoms with Crippen LogP contribution >= 0.6 is 11.8 Å². The zero-order chi connectivity index (χ0) is 20.8. The Kier molecular flexibility index (Phi) is 7.71. The lowest BCUT2D eigenvalue weighted by Crippen LogP contribution is -2.52. The number of hydrogen-bond donors (Lipinski definition) is 1. The number of methoxy groups -OCH3 is 1.